The summed E-state index contributed by atoms with van der Waals surface area (Å²) in [5.41, 5.74) is 2.89. The lowest BCUT2D eigenvalue weighted by Gasteiger charge is -2.10. The Morgan fingerprint density at radius 3 is 2.11 bits per heavy atom. The lowest BCUT2D eigenvalue weighted by Crippen LogP contribution is -2.07. The summed E-state index contributed by atoms with van der Waals surface area (Å²) in [5.74, 6) is 0.547. The molecule has 1 aromatic heterocycles. The Balaban J connectivity index is 2.20. The average Bonchev–Trinajstić information content (AvgIpc) is 2.46. The number of carbonyl (C=O) groups excluding carboxylic acids is 1. The number of aromatic nitrogens is 1. The molecule has 19 heavy (non-hydrogen) atoms. The number of rotatable bonds is 4. The number of carbonyl (C=O) groups is 1. The highest BCUT2D eigenvalue weighted by Gasteiger charge is 2.18. The van der Waals surface area contributed by atoms with Gasteiger partial charge < -0.3 is 0 Å². The van der Waals surface area contributed by atoms with Crippen LogP contribution in [0.2, 0.25) is 0 Å². The number of alkyl halides is 1. The molecule has 1 heterocycles. The Morgan fingerprint density at radius 2 is 1.58 bits per heavy atom. The summed E-state index contributed by atoms with van der Waals surface area (Å²) in [6.45, 7) is 4.28. The summed E-state index contributed by atoms with van der Waals surface area (Å²) in [6, 6.07) is 11.5. The fourth-order valence-electron chi connectivity index (χ4n) is 1.86. The molecule has 1 aromatic carbocycles. The van der Waals surface area contributed by atoms with Gasteiger partial charge in [-0.05, 0) is 29.2 Å². The Hall–Kier alpha value is -1.48. The van der Waals surface area contributed by atoms with Crippen LogP contribution >= 0.6 is 15.9 Å². The molecule has 0 aliphatic heterocycles. The normalized spacial score (nSPS) is 12.4. The second kappa shape index (κ2) is 6.11. The van der Waals surface area contributed by atoms with Crippen molar-refractivity contribution in [3.8, 4) is 0 Å². The minimum atomic E-state index is -0.319. The van der Waals surface area contributed by atoms with Gasteiger partial charge in [-0.3, -0.25) is 9.78 Å². The summed E-state index contributed by atoms with van der Waals surface area (Å²) in [5, 5.41) is 0. The third kappa shape index (κ3) is 3.29. The molecule has 0 fully saturated rings. The number of hydrogen-bond donors (Lipinski definition) is 0. The third-order valence-corrected chi connectivity index (χ3v) is 4.04. The van der Waals surface area contributed by atoms with Crippen LogP contribution < -0.4 is 0 Å². The van der Waals surface area contributed by atoms with Crippen molar-refractivity contribution in [1.29, 1.82) is 0 Å². The van der Waals surface area contributed by atoms with Crippen molar-refractivity contribution in [3.63, 3.8) is 0 Å². The molecule has 1 unspecified atom stereocenters. The van der Waals surface area contributed by atoms with E-state index >= 15 is 0 Å². The summed E-state index contributed by atoms with van der Waals surface area (Å²) >= 11 is 3.46. The van der Waals surface area contributed by atoms with Gasteiger partial charge >= 0.3 is 0 Å². The second-order valence-corrected chi connectivity index (χ2v) is 5.70. The van der Waals surface area contributed by atoms with E-state index in [0.29, 0.717) is 5.92 Å². The second-order valence-electron chi connectivity index (χ2n) is 4.78. The van der Waals surface area contributed by atoms with Crippen LogP contribution in [0.15, 0.2) is 48.8 Å². The molecule has 98 valence electrons. The molecule has 2 nitrogen and oxygen atoms in total. The molecule has 0 saturated heterocycles. The molecule has 0 amide bonds. The number of Topliss-reactive ketones (excluding diaryl/α,β-unsaturated/α-hetero) is 1. The van der Waals surface area contributed by atoms with Crippen molar-refractivity contribution < 1.29 is 4.79 Å². The number of hydrogen-bond acceptors (Lipinski definition) is 2. The standard InChI is InChI=1S/C16H16BrNO/c1-11(2)12-3-5-14(6-4-12)16(19)15(17)13-7-9-18-10-8-13/h3-11,15H,1-2H3. The van der Waals surface area contributed by atoms with Gasteiger partial charge in [-0.2, -0.15) is 0 Å². The monoisotopic (exact) mass is 317 g/mol. The fraction of sp³-hybridized carbons (Fsp3) is 0.250. The van der Waals surface area contributed by atoms with Crippen molar-refractivity contribution in [2.75, 3.05) is 0 Å². The maximum atomic E-state index is 12.4. The first-order valence-corrected chi connectivity index (χ1v) is 7.19. The molecular formula is C16H16BrNO. The van der Waals surface area contributed by atoms with Gasteiger partial charge in [0, 0.05) is 18.0 Å². The predicted octanol–water partition coefficient (Wildman–Crippen LogP) is 4.52. The zero-order valence-electron chi connectivity index (χ0n) is 11.0. The van der Waals surface area contributed by atoms with Crippen molar-refractivity contribution in [2.24, 2.45) is 0 Å². The van der Waals surface area contributed by atoms with Gasteiger partial charge in [0.2, 0.25) is 0 Å². The van der Waals surface area contributed by atoms with E-state index in [1.807, 2.05) is 36.4 Å². The van der Waals surface area contributed by atoms with Crippen LogP contribution in [0.25, 0.3) is 0 Å². The van der Waals surface area contributed by atoms with E-state index in [1.165, 1.54) is 5.56 Å². The SMILES string of the molecule is CC(C)c1ccc(C(=O)C(Br)c2ccncc2)cc1. The van der Waals surface area contributed by atoms with E-state index in [2.05, 4.69) is 34.8 Å². The van der Waals surface area contributed by atoms with Crippen molar-refractivity contribution in [2.45, 2.75) is 24.6 Å². The first-order valence-electron chi connectivity index (χ1n) is 6.27. The topological polar surface area (TPSA) is 30.0 Å². The third-order valence-electron chi connectivity index (χ3n) is 3.09. The van der Waals surface area contributed by atoms with Gasteiger partial charge in [-0.1, -0.05) is 54.0 Å². The lowest BCUT2D eigenvalue weighted by molar-refractivity contribution is 0.0991. The molecule has 0 aliphatic rings. The number of ketones is 1. The molecular weight excluding hydrogens is 302 g/mol. The summed E-state index contributed by atoms with van der Waals surface area (Å²) < 4.78 is 0. The van der Waals surface area contributed by atoms with Crippen LogP contribution in [0, 0.1) is 0 Å². The van der Waals surface area contributed by atoms with Gasteiger partial charge in [0.1, 0.15) is 4.83 Å². The number of pyridine rings is 1. The number of nitrogens with zero attached hydrogens (tertiary/aromatic N) is 1. The van der Waals surface area contributed by atoms with E-state index in [9.17, 15) is 4.79 Å². The minimum absolute atomic E-state index is 0.0708. The quantitative estimate of drug-likeness (QED) is 0.612. The van der Waals surface area contributed by atoms with E-state index in [1.54, 1.807) is 12.4 Å². The Morgan fingerprint density at radius 1 is 1.00 bits per heavy atom. The number of benzene rings is 1. The van der Waals surface area contributed by atoms with Gasteiger partial charge in [-0.15, -0.1) is 0 Å². The largest absolute Gasteiger partial charge is 0.293 e. The highest BCUT2D eigenvalue weighted by molar-refractivity contribution is 9.09. The highest BCUT2D eigenvalue weighted by Crippen LogP contribution is 2.27. The van der Waals surface area contributed by atoms with Gasteiger partial charge in [0.15, 0.2) is 5.78 Å². The van der Waals surface area contributed by atoms with Crippen molar-refractivity contribution in [3.05, 3.63) is 65.5 Å². The maximum Gasteiger partial charge on any atom is 0.180 e. The van der Waals surface area contributed by atoms with Gasteiger partial charge in [0.25, 0.3) is 0 Å². The van der Waals surface area contributed by atoms with Crippen molar-refractivity contribution in [1.82, 2.24) is 4.98 Å². The Bertz CT molecular complexity index is 549. The summed E-state index contributed by atoms with van der Waals surface area (Å²) in [4.78, 5) is 16.0. The zero-order valence-corrected chi connectivity index (χ0v) is 12.6. The van der Waals surface area contributed by atoms with E-state index < -0.39 is 0 Å². The Kier molecular flexibility index (Phi) is 4.48. The predicted molar refractivity (Wildman–Crippen MR) is 80.8 cm³/mol. The van der Waals surface area contributed by atoms with Gasteiger partial charge in [0.05, 0.1) is 0 Å². The van der Waals surface area contributed by atoms with Crippen LogP contribution in [-0.4, -0.2) is 10.8 Å². The smallest absolute Gasteiger partial charge is 0.180 e. The van der Waals surface area contributed by atoms with E-state index in [0.717, 1.165) is 11.1 Å². The summed E-state index contributed by atoms with van der Waals surface area (Å²) in [6.07, 6.45) is 3.39. The lowest BCUT2D eigenvalue weighted by atomic mass is 9.98. The highest BCUT2D eigenvalue weighted by atomic mass is 79.9. The number of halogens is 1. The molecule has 1 atom stereocenters. The van der Waals surface area contributed by atoms with Crippen LogP contribution in [-0.2, 0) is 0 Å². The molecule has 3 heteroatoms. The molecule has 0 aliphatic carbocycles. The molecule has 0 saturated carbocycles. The Labute approximate surface area is 122 Å². The fourth-order valence-corrected chi connectivity index (χ4v) is 2.43. The molecule has 0 radical (unpaired) electrons. The summed E-state index contributed by atoms with van der Waals surface area (Å²) in [7, 11) is 0. The molecule has 0 N–H and O–H groups in total. The van der Waals surface area contributed by atoms with E-state index in [4.69, 9.17) is 0 Å². The molecule has 0 spiro atoms. The minimum Gasteiger partial charge on any atom is -0.293 e. The first kappa shape index (κ1) is 13.9. The molecule has 2 rings (SSSR count). The molecule has 0 bridgehead atoms. The average molecular weight is 318 g/mol. The molecule has 2 aromatic rings. The van der Waals surface area contributed by atoms with Crippen LogP contribution in [0.1, 0.15) is 46.1 Å². The first-order chi connectivity index (χ1) is 9.09. The van der Waals surface area contributed by atoms with E-state index in [-0.39, 0.29) is 10.6 Å². The van der Waals surface area contributed by atoms with Crippen molar-refractivity contribution >= 4 is 21.7 Å². The van der Waals surface area contributed by atoms with Crippen LogP contribution in [0.4, 0.5) is 0 Å². The zero-order chi connectivity index (χ0) is 13.8. The van der Waals surface area contributed by atoms with Crippen LogP contribution in [0.3, 0.4) is 0 Å². The maximum absolute atomic E-state index is 12.4. The van der Waals surface area contributed by atoms with Crippen LogP contribution in [0.5, 0.6) is 0 Å². The van der Waals surface area contributed by atoms with Gasteiger partial charge in [-0.25, -0.2) is 0 Å².